The fraction of sp³-hybridized carbons (Fsp3) is 0.258. The summed E-state index contributed by atoms with van der Waals surface area (Å²) >= 11 is 4.84. The van der Waals surface area contributed by atoms with E-state index in [0.717, 1.165) is 27.6 Å². The Morgan fingerprint density at radius 1 is 1.12 bits per heavy atom. The Labute approximate surface area is 244 Å². The number of carbonyl (C=O) groups is 1. The Morgan fingerprint density at radius 3 is 2.52 bits per heavy atom. The van der Waals surface area contributed by atoms with Crippen molar-refractivity contribution in [3.8, 4) is 11.5 Å². The maximum absolute atomic E-state index is 14.0. The predicted octanol–water partition coefficient (Wildman–Crippen LogP) is 5.51. The predicted molar refractivity (Wildman–Crippen MR) is 161 cm³/mol. The molecule has 0 N–H and O–H groups in total. The van der Waals surface area contributed by atoms with Crippen LogP contribution in [0.4, 0.5) is 0 Å². The van der Waals surface area contributed by atoms with Gasteiger partial charge in [0.25, 0.3) is 5.56 Å². The van der Waals surface area contributed by atoms with Gasteiger partial charge < -0.3 is 14.2 Å². The molecule has 206 valence electrons. The van der Waals surface area contributed by atoms with Crippen LogP contribution >= 0.6 is 27.3 Å². The molecule has 40 heavy (non-hydrogen) atoms. The van der Waals surface area contributed by atoms with E-state index in [9.17, 15) is 9.59 Å². The molecule has 9 heteroatoms. The zero-order chi connectivity index (χ0) is 28.6. The minimum atomic E-state index is -0.710. The lowest BCUT2D eigenvalue weighted by molar-refractivity contribution is -0.139. The molecule has 0 spiro atoms. The van der Waals surface area contributed by atoms with E-state index in [2.05, 4.69) is 20.9 Å². The molecule has 0 saturated carbocycles. The second-order valence-electron chi connectivity index (χ2n) is 9.56. The van der Waals surface area contributed by atoms with Gasteiger partial charge in [-0.3, -0.25) is 9.36 Å². The van der Waals surface area contributed by atoms with Crippen LogP contribution in [0.3, 0.4) is 0 Å². The van der Waals surface area contributed by atoms with Crippen molar-refractivity contribution in [3.63, 3.8) is 0 Å². The van der Waals surface area contributed by atoms with E-state index in [1.807, 2.05) is 68.5 Å². The molecule has 0 bridgehead atoms. The number of halogens is 1. The molecule has 0 fully saturated rings. The molecule has 0 saturated heterocycles. The van der Waals surface area contributed by atoms with Gasteiger partial charge in [0.2, 0.25) is 0 Å². The SMILES string of the molecule is CCOC(=O)C1=C(C)N=c2s/c(=C/c3ccc(OC(C)C)c4ccccc34)c(=O)n2[C@@H]1c1ccc(OC)c(Br)c1. The number of methoxy groups -OCH3 is 1. The fourth-order valence-corrected chi connectivity index (χ4v) is 6.47. The van der Waals surface area contributed by atoms with Crippen LogP contribution < -0.4 is 24.4 Å². The van der Waals surface area contributed by atoms with Gasteiger partial charge in [0.1, 0.15) is 11.5 Å². The molecule has 2 heterocycles. The number of nitrogens with zero attached hydrogens (tertiary/aromatic N) is 2. The van der Waals surface area contributed by atoms with Gasteiger partial charge in [-0.15, -0.1) is 0 Å². The summed E-state index contributed by atoms with van der Waals surface area (Å²) in [6.07, 6.45) is 1.92. The lowest BCUT2D eigenvalue weighted by atomic mass is 9.96. The van der Waals surface area contributed by atoms with Crippen molar-refractivity contribution in [1.29, 1.82) is 0 Å². The van der Waals surface area contributed by atoms with E-state index in [1.165, 1.54) is 11.3 Å². The first-order valence-electron chi connectivity index (χ1n) is 12.9. The maximum atomic E-state index is 14.0. The summed E-state index contributed by atoms with van der Waals surface area (Å²) in [4.78, 5) is 32.4. The Balaban J connectivity index is 1.73. The third-order valence-electron chi connectivity index (χ3n) is 6.58. The van der Waals surface area contributed by atoms with Gasteiger partial charge in [0.05, 0.1) is 46.1 Å². The highest BCUT2D eigenvalue weighted by molar-refractivity contribution is 9.10. The van der Waals surface area contributed by atoms with Crippen LogP contribution in [0.25, 0.3) is 16.8 Å². The van der Waals surface area contributed by atoms with Crippen molar-refractivity contribution in [2.24, 2.45) is 4.99 Å². The Hall–Kier alpha value is -3.69. The first kappa shape index (κ1) is 27.9. The maximum Gasteiger partial charge on any atom is 0.338 e. The summed E-state index contributed by atoms with van der Waals surface area (Å²) in [5, 5.41) is 1.95. The second kappa shape index (κ2) is 11.4. The van der Waals surface area contributed by atoms with Crippen LogP contribution in [0.15, 0.2) is 80.1 Å². The topological polar surface area (TPSA) is 79.1 Å². The molecule has 0 aliphatic carbocycles. The van der Waals surface area contributed by atoms with Gasteiger partial charge in [0.15, 0.2) is 4.80 Å². The van der Waals surface area contributed by atoms with E-state index in [-0.39, 0.29) is 18.3 Å². The summed E-state index contributed by atoms with van der Waals surface area (Å²) in [7, 11) is 1.59. The lowest BCUT2D eigenvalue weighted by Gasteiger charge is -2.25. The van der Waals surface area contributed by atoms with E-state index in [0.29, 0.717) is 30.8 Å². The molecule has 0 radical (unpaired) electrons. The summed E-state index contributed by atoms with van der Waals surface area (Å²) in [5.41, 5.74) is 2.24. The molecular weight excluding hydrogens is 592 g/mol. The van der Waals surface area contributed by atoms with Crippen LogP contribution in [0, 0.1) is 0 Å². The molecule has 1 aliphatic heterocycles. The molecular formula is C31H29BrN2O5S. The first-order chi connectivity index (χ1) is 19.2. The Bertz CT molecular complexity index is 1840. The number of allylic oxidation sites excluding steroid dienone is 1. The highest BCUT2D eigenvalue weighted by atomic mass is 79.9. The van der Waals surface area contributed by atoms with Crippen molar-refractivity contribution >= 4 is 50.1 Å². The van der Waals surface area contributed by atoms with Gasteiger partial charge in [-0.05, 0) is 84.4 Å². The number of rotatable bonds is 7. The molecule has 3 aromatic carbocycles. The largest absolute Gasteiger partial charge is 0.496 e. The number of hydrogen-bond acceptors (Lipinski definition) is 7. The monoisotopic (exact) mass is 620 g/mol. The molecule has 5 rings (SSSR count). The van der Waals surface area contributed by atoms with Crippen molar-refractivity contribution in [1.82, 2.24) is 4.57 Å². The average Bonchev–Trinajstić information content (AvgIpc) is 3.23. The average molecular weight is 622 g/mol. The van der Waals surface area contributed by atoms with Gasteiger partial charge >= 0.3 is 5.97 Å². The number of carbonyl (C=O) groups excluding carboxylic acids is 1. The van der Waals surface area contributed by atoms with Crippen LogP contribution in [0.5, 0.6) is 11.5 Å². The van der Waals surface area contributed by atoms with E-state index in [1.54, 1.807) is 31.6 Å². The standard InChI is InChI=1S/C31H29BrN2O5S/c1-6-38-30(36)27-18(4)33-31-34(28(27)20-12-14-25(37-5)23(32)15-20)29(35)26(40-31)16-19-11-13-24(39-17(2)3)22-10-8-7-9-21(19)22/h7-17,28H,6H2,1-5H3/b26-16+/t28-/m1/s1. The van der Waals surface area contributed by atoms with Gasteiger partial charge in [0, 0.05) is 5.39 Å². The summed E-state index contributed by atoms with van der Waals surface area (Å²) < 4.78 is 19.6. The van der Waals surface area contributed by atoms with Crippen molar-refractivity contribution in [2.45, 2.75) is 39.8 Å². The zero-order valence-electron chi connectivity index (χ0n) is 22.9. The summed E-state index contributed by atoms with van der Waals surface area (Å²) in [6, 6.07) is 16.7. The van der Waals surface area contributed by atoms with Crippen LogP contribution in [0.1, 0.15) is 44.9 Å². The first-order valence-corrected chi connectivity index (χ1v) is 14.6. The number of aromatic nitrogens is 1. The van der Waals surface area contributed by atoms with Gasteiger partial charge in [-0.25, -0.2) is 9.79 Å². The highest BCUT2D eigenvalue weighted by Gasteiger charge is 2.33. The van der Waals surface area contributed by atoms with Crippen molar-refractivity contribution < 1.29 is 19.0 Å². The molecule has 0 amide bonds. The molecule has 4 aromatic rings. The Morgan fingerprint density at radius 2 is 1.85 bits per heavy atom. The van der Waals surface area contributed by atoms with Gasteiger partial charge in [-0.1, -0.05) is 47.7 Å². The highest BCUT2D eigenvalue weighted by Crippen LogP contribution is 2.35. The number of fused-ring (bicyclic) bond motifs is 2. The quantitative estimate of drug-likeness (QED) is 0.255. The van der Waals surface area contributed by atoms with Gasteiger partial charge in [-0.2, -0.15) is 0 Å². The third-order valence-corrected chi connectivity index (χ3v) is 8.18. The second-order valence-corrected chi connectivity index (χ2v) is 11.4. The minimum absolute atomic E-state index is 0.0350. The molecule has 1 aliphatic rings. The number of ether oxygens (including phenoxy) is 3. The van der Waals surface area contributed by atoms with Crippen molar-refractivity contribution in [2.75, 3.05) is 13.7 Å². The van der Waals surface area contributed by atoms with Crippen molar-refractivity contribution in [3.05, 3.63) is 101 Å². The number of thiazole rings is 1. The summed E-state index contributed by atoms with van der Waals surface area (Å²) in [5.74, 6) is 0.942. The smallest absolute Gasteiger partial charge is 0.338 e. The number of esters is 1. The normalized spacial score (nSPS) is 15.3. The van der Waals surface area contributed by atoms with Crippen LogP contribution in [-0.4, -0.2) is 30.4 Å². The zero-order valence-corrected chi connectivity index (χ0v) is 25.3. The number of hydrogen-bond donors (Lipinski definition) is 0. The van der Waals surface area contributed by atoms with E-state index < -0.39 is 12.0 Å². The lowest BCUT2D eigenvalue weighted by Crippen LogP contribution is -2.40. The third kappa shape index (κ3) is 5.11. The molecule has 1 atom stereocenters. The van der Waals surface area contributed by atoms with E-state index >= 15 is 0 Å². The molecule has 7 nitrogen and oxygen atoms in total. The molecule has 0 unspecified atom stereocenters. The minimum Gasteiger partial charge on any atom is -0.496 e. The Kier molecular flexibility index (Phi) is 7.96. The van der Waals surface area contributed by atoms with Crippen LogP contribution in [0.2, 0.25) is 0 Å². The van der Waals surface area contributed by atoms with Crippen LogP contribution in [-0.2, 0) is 9.53 Å². The number of benzene rings is 3. The fourth-order valence-electron chi connectivity index (χ4n) is 4.88. The summed E-state index contributed by atoms with van der Waals surface area (Å²) in [6.45, 7) is 7.73. The molecule has 1 aromatic heterocycles. The van der Waals surface area contributed by atoms with E-state index in [4.69, 9.17) is 14.2 Å².